The topological polar surface area (TPSA) is 76.7 Å². The Morgan fingerprint density at radius 2 is 2.10 bits per heavy atom. The predicted octanol–water partition coefficient (Wildman–Crippen LogP) is 1.76. The van der Waals surface area contributed by atoms with E-state index in [2.05, 4.69) is 14.8 Å². The van der Waals surface area contributed by atoms with Gasteiger partial charge in [-0.05, 0) is 6.92 Å². The molecule has 1 N–H and O–H groups in total. The van der Waals surface area contributed by atoms with E-state index in [-0.39, 0.29) is 17.7 Å². The van der Waals surface area contributed by atoms with Crippen LogP contribution in [0.4, 0.5) is 0 Å². The molecule has 0 saturated heterocycles. The number of carbonyl (C=O) groups is 1. The average molecular weight is 277 g/mol. The van der Waals surface area contributed by atoms with Gasteiger partial charge in [0.25, 0.3) is 0 Å². The van der Waals surface area contributed by atoms with E-state index >= 15 is 0 Å². The minimum Gasteiger partial charge on any atom is -0.493 e. The van der Waals surface area contributed by atoms with E-state index in [4.69, 9.17) is 0 Å². The van der Waals surface area contributed by atoms with E-state index in [1.54, 1.807) is 6.92 Å². The zero-order chi connectivity index (χ0) is 15.1. The number of ether oxygens (including phenoxy) is 1. The summed E-state index contributed by atoms with van der Waals surface area (Å²) < 4.78 is 6.00. The van der Waals surface area contributed by atoms with E-state index < -0.39 is 5.97 Å². The maximum atomic E-state index is 11.4. The maximum Gasteiger partial charge on any atom is 0.310 e. The quantitative estimate of drug-likeness (QED) is 0.846. The largest absolute Gasteiger partial charge is 0.493 e. The van der Waals surface area contributed by atoms with Gasteiger partial charge in [0.1, 0.15) is 0 Å². The third-order valence-electron chi connectivity index (χ3n) is 3.20. The molecule has 2 aromatic rings. The second kappa shape index (κ2) is 4.77. The van der Waals surface area contributed by atoms with Crippen molar-refractivity contribution in [2.45, 2.75) is 39.5 Å². The lowest BCUT2D eigenvalue weighted by Crippen LogP contribution is -2.12. The molecule has 108 valence electrons. The summed E-state index contributed by atoms with van der Waals surface area (Å²) in [6.07, 6.45) is -0.0260. The number of hydrogen-bond donors (Lipinski definition) is 1. The summed E-state index contributed by atoms with van der Waals surface area (Å²) >= 11 is 0. The van der Waals surface area contributed by atoms with Crippen LogP contribution in [0.25, 0.3) is 5.65 Å². The molecule has 0 aliphatic rings. The molecule has 0 radical (unpaired) electrons. The van der Waals surface area contributed by atoms with Gasteiger partial charge in [0.05, 0.1) is 19.2 Å². The third kappa shape index (κ3) is 2.45. The van der Waals surface area contributed by atoms with Gasteiger partial charge in [0, 0.05) is 22.7 Å². The Bertz CT molecular complexity index is 668. The van der Waals surface area contributed by atoms with Crippen LogP contribution in [0.15, 0.2) is 6.07 Å². The third-order valence-corrected chi connectivity index (χ3v) is 3.20. The number of methoxy groups -OCH3 is 1. The fraction of sp³-hybridized carbons (Fsp3) is 0.500. The summed E-state index contributed by atoms with van der Waals surface area (Å²) in [4.78, 5) is 15.8. The molecule has 2 aromatic heterocycles. The van der Waals surface area contributed by atoms with Crippen molar-refractivity contribution in [1.82, 2.24) is 14.6 Å². The lowest BCUT2D eigenvalue weighted by Gasteiger charge is -2.13. The predicted molar refractivity (Wildman–Crippen MR) is 73.8 cm³/mol. The highest BCUT2D eigenvalue weighted by Crippen LogP contribution is 2.26. The van der Waals surface area contributed by atoms with E-state index in [9.17, 15) is 9.90 Å². The van der Waals surface area contributed by atoms with Crippen molar-refractivity contribution in [3.63, 3.8) is 0 Å². The minimum atomic E-state index is -0.423. The van der Waals surface area contributed by atoms with Crippen molar-refractivity contribution < 1.29 is 14.6 Å². The summed E-state index contributed by atoms with van der Waals surface area (Å²) in [6, 6.07) is 1.84. The molecular formula is C14H19N3O3. The van der Waals surface area contributed by atoms with Gasteiger partial charge in [0.2, 0.25) is 5.88 Å². The van der Waals surface area contributed by atoms with Crippen LogP contribution in [0, 0.1) is 6.92 Å². The smallest absolute Gasteiger partial charge is 0.310 e. The van der Waals surface area contributed by atoms with Crippen molar-refractivity contribution in [1.29, 1.82) is 0 Å². The van der Waals surface area contributed by atoms with Crippen molar-refractivity contribution >= 4 is 11.6 Å². The van der Waals surface area contributed by atoms with Crippen molar-refractivity contribution in [2.75, 3.05) is 7.11 Å². The normalized spacial score (nSPS) is 11.8. The molecule has 0 aliphatic carbocycles. The molecule has 6 heteroatoms. The van der Waals surface area contributed by atoms with Crippen LogP contribution in [0.5, 0.6) is 5.88 Å². The number of carbonyl (C=O) groups excluding carboxylic acids is 1. The zero-order valence-electron chi connectivity index (χ0n) is 12.4. The second-order valence-electron chi connectivity index (χ2n) is 5.80. The van der Waals surface area contributed by atoms with Crippen molar-refractivity contribution in [3.05, 3.63) is 23.0 Å². The summed E-state index contributed by atoms with van der Waals surface area (Å²) in [7, 11) is 1.31. The summed E-state index contributed by atoms with van der Waals surface area (Å²) in [5.41, 5.74) is 2.29. The molecule has 0 amide bonds. The standard InChI is InChI=1S/C14H19N3O3/c1-8-9(6-12(18)20-5)13(19)17-11(15-8)7-10(16-17)14(2,3)4/h7,19H,6H2,1-5H3. The van der Waals surface area contributed by atoms with E-state index in [0.29, 0.717) is 16.9 Å². The number of nitrogens with zero attached hydrogens (tertiary/aromatic N) is 3. The number of fused-ring (bicyclic) bond motifs is 1. The Morgan fingerprint density at radius 1 is 1.45 bits per heavy atom. The molecule has 0 fully saturated rings. The summed E-state index contributed by atoms with van der Waals surface area (Å²) in [5, 5.41) is 14.7. The molecule has 2 heterocycles. The number of aromatic hydroxyl groups is 1. The van der Waals surface area contributed by atoms with Gasteiger partial charge in [-0.1, -0.05) is 20.8 Å². The molecule has 0 aliphatic heterocycles. The van der Waals surface area contributed by atoms with E-state index in [1.165, 1.54) is 11.6 Å². The lowest BCUT2D eigenvalue weighted by molar-refractivity contribution is -0.139. The number of aromatic nitrogens is 3. The van der Waals surface area contributed by atoms with Crippen LogP contribution in [-0.4, -0.2) is 32.8 Å². The first-order valence-corrected chi connectivity index (χ1v) is 6.39. The van der Waals surface area contributed by atoms with Crippen molar-refractivity contribution in [2.24, 2.45) is 0 Å². The minimum absolute atomic E-state index is 0.0260. The van der Waals surface area contributed by atoms with Gasteiger partial charge in [-0.15, -0.1) is 0 Å². The summed E-state index contributed by atoms with van der Waals surface area (Å²) in [6.45, 7) is 7.86. The number of hydrogen-bond acceptors (Lipinski definition) is 5. The molecule has 6 nitrogen and oxygen atoms in total. The fourth-order valence-electron chi connectivity index (χ4n) is 1.93. The van der Waals surface area contributed by atoms with E-state index in [0.717, 1.165) is 5.69 Å². The number of aryl methyl sites for hydroxylation is 1. The zero-order valence-corrected chi connectivity index (χ0v) is 12.4. The lowest BCUT2D eigenvalue weighted by atomic mass is 9.93. The average Bonchev–Trinajstić information content (AvgIpc) is 2.78. The maximum absolute atomic E-state index is 11.4. The second-order valence-corrected chi connectivity index (χ2v) is 5.80. The molecule has 0 bridgehead atoms. The Balaban J connectivity index is 2.60. The Kier molecular flexibility index (Phi) is 3.41. The van der Waals surface area contributed by atoms with Gasteiger partial charge in [0.15, 0.2) is 5.65 Å². The molecule has 0 spiro atoms. The summed E-state index contributed by atoms with van der Waals surface area (Å²) in [5.74, 6) is -0.485. The molecule has 2 rings (SSSR count). The van der Waals surface area contributed by atoms with E-state index in [1.807, 2.05) is 26.8 Å². The van der Waals surface area contributed by atoms with Gasteiger partial charge in [-0.25, -0.2) is 4.98 Å². The van der Waals surface area contributed by atoms with Crippen LogP contribution in [0.1, 0.15) is 37.7 Å². The fourth-order valence-corrected chi connectivity index (χ4v) is 1.93. The Morgan fingerprint density at radius 3 is 2.65 bits per heavy atom. The first kappa shape index (κ1) is 14.3. The molecule has 0 unspecified atom stereocenters. The highest BCUT2D eigenvalue weighted by atomic mass is 16.5. The Labute approximate surface area is 117 Å². The van der Waals surface area contributed by atoms with Gasteiger partial charge in [-0.2, -0.15) is 9.61 Å². The first-order valence-electron chi connectivity index (χ1n) is 6.39. The van der Waals surface area contributed by atoms with Gasteiger partial charge in [-0.3, -0.25) is 4.79 Å². The van der Waals surface area contributed by atoms with Crippen LogP contribution in [0.2, 0.25) is 0 Å². The highest BCUT2D eigenvalue weighted by molar-refractivity contribution is 5.73. The molecular weight excluding hydrogens is 258 g/mol. The SMILES string of the molecule is COC(=O)Cc1c(C)nc2cc(C(C)(C)C)nn2c1O. The van der Waals surface area contributed by atoms with Crippen LogP contribution in [0.3, 0.4) is 0 Å². The molecule has 20 heavy (non-hydrogen) atoms. The van der Waals surface area contributed by atoms with Crippen LogP contribution < -0.4 is 0 Å². The number of esters is 1. The molecule has 0 aromatic carbocycles. The van der Waals surface area contributed by atoms with Gasteiger partial charge < -0.3 is 9.84 Å². The number of rotatable bonds is 2. The molecule has 0 saturated carbocycles. The molecule has 0 atom stereocenters. The van der Waals surface area contributed by atoms with Gasteiger partial charge >= 0.3 is 5.97 Å². The Hall–Kier alpha value is -2.11. The van der Waals surface area contributed by atoms with Crippen LogP contribution >= 0.6 is 0 Å². The monoisotopic (exact) mass is 277 g/mol. The first-order chi connectivity index (χ1) is 9.24. The highest BCUT2D eigenvalue weighted by Gasteiger charge is 2.22. The van der Waals surface area contributed by atoms with Crippen LogP contribution in [-0.2, 0) is 21.4 Å². The van der Waals surface area contributed by atoms with Crippen molar-refractivity contribution in [3.8, 4) is 5.88 Å².